The van der Waals surface area contributed by atoms with Crippen molar-refractivity contribution in [1.29, 1.82) is 0 Å². The fourth-order valence-corrected chi connectivity index (χ4v) is 1.13. The summed E-state index contributed by atoms with van der Waals surface area (Å²) < 4.78 is 0. The van der Waals surface area contributed by atoms with Crippen LogP contribution in [0, 0.1) is 0 Å². The molecule has 0 atom stereocenters. The standard InChI is InChI=1S/C10H14N2O.C2H6/c1-11-9-7-5-4-6-8(9)10(13)12(2)3;1-2/h4-7,11H,1-3H3;1-2H3. The van der Waals surface area contributed by atoms with Crippen molar-refractivity contribution in [2.75, 3.05) is 26.5 Å². The lowest BCUT2D eigenvalue weighted by molar-refractivity contribution is 0.0828. The highest BCUT2D eigenvalue weighted by Crippen LogP contribution is 2.15. The van der Waals surface area contributed by atoms with Gasteiger partial charge in [0.15, 0.2) is 0 Å². The van der Waals surface area contributed by atoms with Gasteiger partial charge < -0.3 is 10.2 Å². The van der Waals surface area contributed by atoms with E-state index >= 15 is 0 Å². The minimum absolute atomic E-state index is 0.0185. The van der Waals surface area contributed by atoms with Crippen molar-refractivity contribution >= 4 is 11.6 Å². The van der Waals surface area contributed by atoms with Crippen LogP contribution >= 0.6 is 0 Å². The summed E-state index contributed by atoms with van der Waals surface area (Å²) in [5.74, 6) is 0.0185. The van der Waals surface area contributed by atoms with Crippen LogP contribution in [0.5, 0.6) is 0 Å². The second-order valence-electron chi connectivity index (χ2n) is 3.00. The third kappa shape index (κ3) is 3.62. The number of carbonyl (C=O) groups is 1. The zero-order valence-corrected chi connectivity index (χ0v) is 10.2. The zero-order chi connectivity index (χ0) is 11.8. The molecule has 15 heavy (non-hydrogen) atoms. The molecular weight excluding hydrogens is 188 g/mol. The third-order valence-corrected chi connectivity index (χ3v) is 1.83. The number of nitrogens with one attached hydrogen (secondary N) is 1. The summed E-state index contributed by atoms with van der Waals surface area (Å²) in [4.78, 5) is 13.2. The predicted molar refractivity (Wildman–Crippen MR) is 65.4 cm³/mol. The van der Waals surface area contributed by atoms with Gasteiger partial charge in [0.1, 0.15) is 0 Å². The first-order chi connectivity index (χ1) is 7.16. The molecule has 0 aliphatic carbocycles. The summed E-state index contributed by atoms with van der Waals surface area (Å²) >= 11 is 0. The van der Waals surface area contributed by atoms with Gasteiger partial charge in [0, 0.05) is 26.8 Å². The van der Waals surface area contributed by atoms with E-state index < -0.39 is 0 Å². The average Bonchev–Trinajstić information content (AvgIpc) is 2.30. The minimum atomic E-state index is 0.0185. The molecule has 1 aromatic rings. The van der Waals surface area contributed by atoms with E-state index in [4.69, 9.17) is 0 Å². The van der Waals surface area contributed by atoms with E-state index in [1.165, 1.54) is 0 Å². The number of para-hydroxylation sites is 1. The van der Waals surface area contributed by atoms with Crippen molar-refractivity contribution < 1.29 is 4.79 Å². The monoisotopic (exact) mass is 208 g/mol. The van der Waals surface area contributed by atoms with Gasteiger partial charge in [0.05, 0.1) is 5.56 Å². The Morgan fingerprint density at radius 1 is 1.20 bits per heavy atom. The van der Waals surface area contributed by atoms with Crippen LogP contribution in [0.4, 0.5) is 5.69 Å². The van der Waals surface area contributed by atoms with E-state index in [1.807, 2.05) is 45.2 Å². The van der Waals surface area contributed by atoms with Crippen LogP contribution < -0.4 is 5.32 Å². The molecule has 1 aromatic carbocycles. The average molecular weight is 208 g/mol. The Bertz CT molecular complexity index is 308. The molecule has 84 valence electrons. The minimum Gasteiger partial charge on any atom is -0.387 e. The van der Waals surface area contributed by atoms with Gasteiger partial charge in [-0.3, -0.25) is 4.79 Å². The molecule has 0 fully saturated rings. The second kappa shape index (κ2) is 6.87. The van der Waals surface area contributed by atoms with Crippen molar-refractivity contribution in [3.8, 4) is 0 Å². The van der Waals surface area contributed by atoms with E-state index in [1.54, 1.807) is 19.0 Å². The lowest BCUT2D eigenvalue weighted by atomic mass is 10.1. The maximum Gasteiger partial charge on any atom is 0.255 e. The van der Waals surface area contributed by atoms with E-state index in [0.717, 1.165) is 5.69 Å². The van der Waals surface area contributed by atoms with Crippen molar-refractivity contribution in [3.63, 3.8) is 0 Å². The van der Waals surface area contributed by atoms with Gasteiger partial charge in [-0.15, -0.1) is 0 Å². The topological polar surface area (TPSA) is 32.3 Å². The number of hydrogen-bond acceptors (Lipinski definition) is 2. The van der Waals surface area contributed by atoms with Gasteiger partial charge >= 0.3 is 0 Å². The van der Waals surface area contributed by atoms with Crippen LogP contribution in [0.15, 0.2) is 24.3 Å². The molecule has 0 heterocycles. The molecule has 0 aliphatic rings. The number of anilines is 1. The summed E-state index contributed by atoms with van der Waals surface area (Å²) in [6, 6.07) is 7.46. The lowest BCUT2D eigenvalue weighted by Gasteiger charge is -2.13. The fourth-order valence-electron chi connectivity index (χ4n) is 1.13. The van der Waals surface area contributed by atoms with E-state index in [-0.39, 0.29) is 5.91 Å². The van der Waals surface area contributed by atoms with Gasteiger partial charge in [-0.05, 0) is 12.1 Å². The Morgan fingerprint density at radius 3 is 2.20 bits per heavy atom. The Balaban J connectivity index is 0.000000921. The molecule has 0 saturated heterocycles. The molecule has 0 unspecified atom stereocenters. The predicted octanol–water partition coefficient (Wildman–Crippen LogP) is 2.46. The van der Waals surface area contributed by atoms with E-state index in [0.29, 0.717) is 5.56 Å². The Labute approximate surface area is 92.1 Å². The number of rotatable bonds is 2. The first kappa shape index (κ1) is 13.5. The Morgan fingerprint density at radius 2 is 1.73 bits per heavy atom. The third-order valence-electron chi connectivity index (χ3n) is 1.83. The summed E-state index contributed by atoms with van der Waals surface area (Å²) in [7, 11) is 5.30. The molecule has 1 rings (SSSR count). The van der Waals surface area contributed by atoms with Crippen molar-refractivity contribution in [1.82, 2.24) is 4.90 Å². The Hall–Kier alpha value is -1.51. The molecule has 0 aromatic heterocycles. The van der Waals surface area contributed by atoms with Crippen LogP contribution in [-0.4, -0.2) is 32.0 Å². The van der Waals surface area contributed by atoms with Crippen LogP contribution in [0.2, 0.25) is 0 Å². The normalized spacial score (nSPS) is 8.60. The van der Waals surface area contributed by atoms with Crippen molar-refractivity contribution in [2.45, 2.75) is 13.8 Å². The molecule has 1 amide bonds. The smallest absolute Gasteiger partial charge is 0.255 e. The molecule has 0 radical (unpaired) electrons. The molecule has 0 spiro atoms. The van der Waals surface area contributed by atoms with E-state index in [2.05, 4.69) is 5.32 Å². The van der Waals surface area contributed by atoms with E-state index in [9.17, 15) is 4.79 Å². The number of amides is 1. The van der Waals surface area contributed by atoms with Gasteiger partial charge in [-0.25, -0.2) is 0 Å². The summed E-state index contributed by atoms with van der Waals surface area (Å²) in [6.45, 7) is 4.00. The molecule has 3 nitrogen and oxygen atoms in total. The van der Waals surface area contributed by atoms with Crippen LogP contribution in [0.3, 0.4) is 0 Å². The van der Waals surface area contributed by atoms with Gasteiger partial charge in [-0.2, -0.15) is 0 Å². The van der Waals surface area contributed by atoms with Crippen LogP contribution in [-0.2, 0) is 0 Å². The summed E-state index contributed by atoms with van der Waals surface area (Å²) in [6.07, 6.45) is 0. The molecule has 0 aliphatic heterocycles. The maximum absolute atomic E-state index is 11.6. The highest BCUT2D eigenvalue weighted by molar-refractivity contribution is 5.99. The molecule has 0 bridgehead atoms. The lowest BCUT2D eigenvalue weighted by Crippen LogP contribution is -2.22. The Kier molecular flexibility index (Phi) is 6.18. The maximum atomic E-state index is 11.6. The largest absolute Gasteiger partial charge is 0.387 e. The molecule has 0 saturated carbocycles. The fraction of sp³-hybridized carbons (Fsp3) is 0.417. The summed E-state index contributed by atoms with van der Waals surface area (Å²) in [5.41, 5.74) is 1.57. The van der Waals surface area contributed by atoms with Gasteiger partial charge in [0.25, 0.3) is 5.91 Å². The van der Waals surface area contributed by atoms with Gasteiger partial charge in [-0.1, -0.05) is 26.0 Å². The number of nitrogens with zero attached hydrogens (tertiary/aromatic N) is 1. The van der Waals surface area contributed by atoms with Crippen LogP contribution in [0.1, 0.15) is 24.2 Å². The first-order valence-electron chi connectivity index (χ1n) is 5.15. The quantitative estimate of drug-likeness (QED) is 0.809. The number of hydrogen-bond donors (Lipinski definition) is 1. The molecular formula is C12H20N2O. The first-order valence-corrected chi connectivity index (χ1v) is 5.15. The molecule has 3 heteroatoms. The van der Waals surface area contributed by atoms with Gasteiger partial charge in [0.2, 0.25) is 0 Å². The number of benzene rings is 1. The SMILES string of the molecule is CC.CNc1ccccc1C(=O)N(C)C. The molecule has 1 N–H and O–H groups in total. The van der Waals surface area contributed by atoms with Crippen LogP contribution in [0.25, 0.3) is 0 Å². The summed E-state index contributed by atoms with van der Waals surface area (Å²) in [5, 5.41) is 2.98. The van der Waals surface area contributed by atoms with Crippen molar-refractivity contribution in [3.05, 3.63) is 29.8 Å². The second-order valence-corrected chi connectivity index (χ2v) is 3.00. The highest BCUT2D eigenvalue weighted by atomic mass is 16.2. The zero-order valence-electron chi connectivity index (χ0n) is 10.2. The highest BCUT2D eigenvalue weighted by Gasteiger charge is 2.10. The van der Waals surface area contributed by atoms with Crippen molar-refractivity contribution in [2.24, 2.45) is 0 Å². The number of carbonyl (C=O) groups excluding carboxylic acids is 1.